The number of hydrogen-bond donors (Lipinski definition) is 0. The van der Waals surface area contributed by atoms with E-state index in [4.69, 9.17) is 16.9 Å². The molecule has 2 aromatic rings. The molecule has 3 nitrogen and oxygen atoms in total. The lowest BCUT2D eigenvalue weighted by Gasteiger charge is -2.14. The van der Waals surface area contributed by atoms with Crippen LogP contribution in [-0.2, 0) is 11.2 Å². The summed E-state index contributed by atoms with van der Waals surface area (Å²) in [5.41, 5.74) is 2.04. The lowest BCUT2D eigenvalue weighted by Crippen LogP contribution is -2.27. The minimum Gasteiger partial charge on any atom is -0.342 e. The van der Waals surface area contributed by atoms with Crippen molar-refractivity contribution in [3.8, 4) is 6.07 Å². The first-order valence-electron chi connectivity index (χ1n) is 10.6. The largest absolute Gasteiger partial charge is 0.342 e. The molecule has 1 atom stereocenters. The maximum atomic E-state index is 12.6. The van der Waals surface area contributed by atoms with Gasteiger partial charge in [-0.2, -0.15) is 5.26 Å². The summed E-state index contributed by atoms with van der Waals surface area (Å²) in [6.45, 7) is 9.96. The Labute approximate surface area is 189 Å². The zero-order valence-corrected chi connectivity index (χ0v) is 19.5. The van der Waals surface area contributed by atoms with E-state index in [1.165, 1.54) is 12.5 Å². The fourth-order valence-electron chi connectivity index (χ4n) is 3.06. The summed E-state index contributed by atoms with van der Waals surface area (Å²) in [4.78, 5) is 13.3. The second-order valence-electron chi connectivity index (χ2n) is 7.67. The van der Waals surface area contributed by atoms with E-state index in [0.29, 0.717) is 28.5 Å². The van der Waals surface area contributed by atoms with Crippen LogP contribution >= 0.6 is 11.6 Å². The molecule has 1 amide bonds. The van der Waals surface area contributed by atoms with E-state index in [0.717, 1.165) is 49.5 Å². The van der Waals surface area contributed by atoms with Crippen molar-refractivity contribution in [3.05, 3.63) is 69.7 Å². The van der Waals surface area contributed by atoms with Crippen LogP contribution in [0.25, 0.3) is 0 Å². The van der Waals surface area contributed by atoms with Crippen molar-refractivity contribution < 1.29 is 13.6 Å². The van der Waals surface area contributed by atoms with E-state index in [1.807, 2.05) is 24.0 Å². The van der Waals surface area contributed by atoms with E-state index in [1.54, 1.807) is 19.1 Å². The third-order valence-corrected chi connectivity index (χ3v) is 5.19. The minimum absolute atomic E-state index is 0.330. The number of carbonyl (C=O) groups excluding carboxylic acids is 1. The van der Waals surface area contributed by atoms with Crippen molar-refractivity contribution in [2.75, 3.05) is 13.1 Å². The first-order valence-corrected chi connectivity index (χ1v) is 11.0. The fourth-order valence-corrected chi connectivity index (χ4v) is 3.34. The number of halogens is 3. The maximum Gasteiger partial charge on any atom is 0.222 e. The molecule has 1 fully saturated rings. The Morgan fingerprint density at radius 3 is 2.42 bits per heavy atom. The zero-order chi connectivity index (χ0) is 23.4. The predicted octanol–water partition coefficient (Wildman–Crippen LogP) is 6.70. The highest BCUT2D eigenvalue weighted by molar-refractivity contribution is 6.31. The maximum absolute atomic E-state index is 12.6. The molecule has 0 spiro atoms. The van der Waals surface area contributed by atoms with Gasteiger partial charge in [0.2, 0.25) is 5.91 Å². The number of likely N-dealkylation sites (tertiary alicyclic amines) is 1. The standard InChI is InChI=1S/C9H17NO.C8H6ClN.C8H8F2/c1-3-4-9(11)10-6-5-8(2)7-10;1-6-2-3-7(5-10)8(9)4-6;1-2-6-5-7(9)3-4-8(6)10/h8H,3-7H2,1-2H3;2-4H,1H3;3-5H,2H2,1H3. The van der Waals surface area contributed by atoms with Crippen molar-refractivity contribution in [2.45, 2.75) is 53.4 Å². The number of aryl methyl sites for hydroxylation is 2. The SMILES string of the molecule is CCCC(=O)N1CCC(C)C1.CCc1cc(F)ccc1F.Cc1ccc(C#N)c(Cl)c1. The summed E-state index contributed by atoms with van der Waals surface area (Å²) in [5.74, 6) is 0.356. The molecule has 0 saturated carbocycles. The van der Waals surface area contributed by atoms with Crippen LogP contribution < -0.4 is 0 Å². The van der Waals surface area contributed by atoms with Crippen LogP contribution in [0.2, 0.25) is 5.02 Å². The van der Waals surface area contributed by atoms with Crippen molar-refractivity contribution in [3.63, 3.8) is 0 Å². The van der Waals surface area contributed by atoms with Gasteiger partial charge >= 0.3 is 0 Å². The smallest absolute Gasteiger partial charge is 0.222 e. The summed E-state index contributed by atoms with van der Waals surface area (Å²) in [6, 6.07) is 10.8. The van der Waals surface area contributed by atoms with Gasteiger partial charge < -0.3 is 4.90 Å². The lowest BCUT2D eigenvalue weighted by molar-refractivity contribution is -0.130. The van der Waals surface area contributed by atoms with Crippen LogP contribution in [0.3, 0.4) is 0 Å². The minimum atomic E-state index is -0.377. The molecule has 2 aromatic carbocycles. The molecule has 0 radical (unpaired) electrons. The molecule has 0 aliphatic carbocycles. The third kappa shape index (κ3) is 9.48. The van der Waals surface area contributed by atoms with Gasteiger partial charge in [0.1, 0.15) is 17.7 Å². The molecule has 0 bridgehead atoms. The second-order valence-corrected chi connectivity index (χ2v) is 8.08. The highest BCUT2D eigenvalue weighted by Gasteiger charge is 2.21. The summed E-state index contributed by atoms with van der Waals surface area (Å²) in [5, 5.41) is 9.00. The number of nitrogens with zero attached hydrogens (tertiary/aromatic N) is 2. The Hall–Kier alpha value is -2.45. The van der Waals surface area contributed by atoms with Crippen LogP contribution in [-0.4, -0.2) is 23.9 Å². The van der Waals surface area contributed by atoms with E-state index in [-0.39, 0.29) is 11.6 Å². The molecule has 1 aliphatic heterocycles. The fraction of sp³-hybridized carbons (Fsp3) is 0.440. The van der Waals surface area contributed by atoms with Gasteiger partial charge in [0.15, 0.2) is 0 Å². The Morgan fingerprint density at radius 2 is 1.94 bits per heavy atom. The van der Waals surface area contributed by atoms with Crippen LogP contribution in [0.4, 0.5) is 8.78 Å². The summed E-state index contributed by atoms with van der Waals surface area (Å²) in [7, 11) is 0. The summed E-state index contributed by atoms with van der Waals surface area (Å²) >= 11 is 5.71. The van der Waals surface area contributed by atoms with E-state index in [9.17, 15) is 13.6 Å². The van der Waals surface area contributed by atoms with Crippen LogP contribution in [0.5, 0.6) is 0 Å². The van der Waals surface area contributed by atoms with Crippen LogP contribution in [0.1, 0.15) is 56.7 Å². The summed E-state index contributed by atoms with van der Waals surface area (Å²) < 4.78 is 25.0. The monoisotopic (exact) mass is 448 g/mol. The molecule has 1 unspecified atom stereocenters. The first-order chi connectivity index (χ1) is 14.7. The molecule has 168 valence electrons. The van der Waals surface area contributed by atoms with Gasteiger partial charge in [-0.1, -0.05) is 38.4 Å². The van der Waals surface area contributed by atoms with Gasteiger partial charge in [-0.05, 0) is 73.6 Å². The topological polar surface area (TPSA) is 44.1 Å². The van der Waals surface area contributed by atoms with E-state index >= 15 is 0 Å². The Balaban J connectivity index is 0.000000233. The number of amides is 1. The molecule has 31 heavy (non-hydrogen) atoms. The Morgan fingerprint density at radius 1 is 1.23 bits per heavy atom. The molecule has 1 aliphatic rings. The highest BCUT2D eigenvalue weighted by Crippen LogP contribution is 2.16. The molecule has 3 rings (SSSR count). The van der Waals surface area contributed by atoms with Crippen molar-refractivity contribution in [1.82, 2.24) is 4.90 Å². The lowest BCUT2D eigenvalue weighted by atomic mass is 10.1. The zero-order valence-electron chi connectivity index (χ0n) is 18.7. The molecule has 0 aromatic heterocycles. The van der Waals surface area contributed by atoms with Gasteiger partial charge in [0.25, 0.3) is 0 Å². The van der Waals surface area contributed by atoms with E-state index in [2.05, 4.69) is 13.8 Å². The molecular weight excluding hydrogens is 418 g/mol. The quantitative estimate of drug-likeness (QED) is 0.524. The normalized spacial score (nSPS) is 14.6. The van der Waals surface area contributed by atoms with Crippen LogP contribution in [0, 0.1) is 35.8 Å². The van der Waals surface area contributed by atoms with Crippen molar-refractivity contribution in [2.24, 2.45) is 5.92 Å². The van der Waals surface area contributed by atoms with Gasteiger partial charge in [0.05, 0.1) is 10.6 Å². The molecule has 1 saturated heterocycles. The number of carbonyl (C=O) groups is 1. The first kappa shape index (κ1) is 26.6. The number of benzene rings is 2. The number of hydrogen-bond acceptors (Lipinski definition) is 2. The van der Waals surface area contributed by atoms with Crippen LogP contribution in [0.15, 0.2) is 36.4 Å². The second kappa shape index (κ2) is 13.8. The van der Waals surface area contributed by atoms with Crippen molar-refractivity contribution >= 4 is 17.5 Å². The molecule has 1 heterocycles. The van der Waals surface area contributed by atoms with Crippen molar-refractivity contribution in [1.29, 1.82) is 5.26 Å². The highest BCUT2D eigenvalue weighted by atomic mass is 35.5. The summed E-state index contributed by atoms with van der Waals surface area (Å²) in [6.07, 6.45) is 3.43. The van der Waals surface area contributed by atoms with Gasteiger partial charge in [0, 0.05) is 19.5 Å². The number of nitriles is 1. The molecule has 6 heteroatoms. The van der Waals surface area contributed by atoms with Gasteiger partial charge in [-0.25, -0.2) is 8.78 Å². The molecular formula is C25H31ClF2N2O. The Kier molecular flexibility index (Phi) is 11.8. The predicted molar refractivity (Wildman–Crippen MR) is 122 cm³/mol. The average Bonchev–Trinajstić information content (AvgIpc) is 3.17. The molecule has 0 N–H and O–H groups in total. The number of rotatable bonds is 3. The third-order valence-electron chi connectivity index (χ3n) is 4.87. The average molecular weight is 449 g/mol. The Bertz CT molecular complexity index is 887. The van der Waals surface area contributed by atoms with Gasteiger partial charge in [-0.3, -0.25) is 4.79 Å². The van der Waals surface area contributed by atoms with Gasteiger partial charge in [-0.15, -0.1) is 0 Å². The van der Waals surface area contributed by atoms with E-state index < -0.39 is 0 Å².